The zero-order valence-corrected chi connectivity index (χ0v) is 12.9. The number of carbonyl (C=O) groups is 1. The number of hydrogen-bond donors (Lipinski definition) is 2. The molecule has 0 aliphatic rings. The number of carbonyl (C=O) groups excluding carboxylic acids is 1. The van der Waals surface area contributed by atoms with Crippen molar-refractivity contribution in [3.63, 3.8) is 0 Å². The average molecular weight is 343 g/mol. The highest BCUT2D eigenvalue weighted by Gasteiger charge is 2.34. The first-order chi connectivity index (χ1) is 10.8. The number of rotatable bonds is 3. The first kappa shape index (κ1) is 17.1. The number of benzene rings is 2. The smallest absolute Gasteiger partial charge is 0.331 e. The van der Waals surface area contributed by atoms with E-state index in [1.807, 2.05) is 30.3 Å². The number of anilines is 1. The van der Waals surface area contributed by atoms with Gasteiger partial charge in [-0.15, -0.1) is 0 Å². The fraction of sp³-hybridized carbons (Fsp3) is 0.188. The Labute approximate surface area is 136 Å². The van der Waals surface area contributed by atoms with Gasteiger partial charge in [0.15, 0.2) is 0 Å². The third-order valence-electron chi connectivity index (χ3n) is 3.18. The molecule has 0 radical (unpaired) electrons. The molecule has 7 heteroatoms. The molecule has 1 atom stereocenters. The summed E-state index contributed by atoms with van der Waals surface area (Å²) < 4.78 is 38.9. The molecule has 122 valence electrons. The van der Waals surface area contributed by atoms with E-state index in [0.29, 0.717) is 0 Å². The zero-order chi connectivity index (χ0) is 17.0. The summed E-state index contributed by atoms with van der Waals surface area (Å²) in [5, 5.41) is 4.75. The highest BCUT2D eigenvalue weighted by Crippen LogP contribution is 2.36. The van der Waals surface area contributed by atoms with Gasteiger partial charge in [-0.25, -0.2) is 4.79 Å². The van der Waals surface area contributed by atoms with E-state index in [2.05, 4.69) is 10.6 Å². The van der Waals surface area contributed by atoms with Gasteiger partial charge in [-0.1, -0.05) is 41.9 Å². The highest BCUT2D eigenvalue weighted by molar-refractivity contribution is 6.30. The van der Waals surface area contributed by atoms with Crippen molar-refractivity contribution < 1.29 is 18.0 Å². The molecule has 0 aliphatic carbocycles. The lowest BCUT2D eigenvalue weighted by atomic mass is 10.1. The van der Waals surface area contributed by atoms with Crippen molar-refractivity contribution in [2.45, 2.75) is 19.1 Å². The van der Waals surface area contributed by atoms with E-state index in [4.69, 9.17) is 11.6 Å². The predicted octanol–water partition coefficient (Wildman–Crippen LogP) is 5.24. The van der Waals surface area contributed by atoms with Crippen LogP contribution in [0.3, 0.4) is 0 Å². The van der Waals surface area contributed by atoms with Crippen LogP contribution in [0.5, 0.6) is 0 Å². The van der Waals surface area contributed by atoms with Gasteiger partial charge in [-0.3, -0.25) is 0 Å². The summed E-state index contributed by atoms with van der Waals surface area (Å²) in [6, 6.07) is 11.2. The van der Waals surface area contributed by atoms with Crippen LogP contribution in [0.4, 0.5) is 23.7 Å². The van der Waals surface area contributed by atoms with Crippen LogP contribution in [-0.4, -0.2) is 6.03 Å². The van der Waals surface area contributed by atoms with Crippen LogP contribution < -0.4 is 10.6 Å². The monoisotopic (exact) mass is 342 g/mol. The van der Waals surface area contributed by atoms with Crippen LogP contribution in [-0.2, 0) is 6.18 Å². The average Bonchev–Trinajstić information content (AvgIpc) is 2.49. The van der Waals surface area contributed by atoms with Crippen molar-refractivity contribution in [2.75, 3.05) is 5.32 Å². The SMILES string of the molecule is CC(NC(=O)Nc1ccc(Cl)cc1C(F)(F)F)c1ccccc1. The summed E-state index contributed by atoms with van der Waals surface area (Å²) in [6.45, 7) is 1.74. The van der Waals surface area contributed by atoms with Crippen LogP contribution in [0.15, 0.2) is 48.5 Å². The van der Waals surface area contributed by atoms with Crippen molar-refractivity contribution in [2.24, 2.45) is 0 Å². The molecule has 3 nitrogen and oxygen atoms in total. The van der Waals surface area contributed by atoms with Gasteiger partial charge >= 0.3 is 12.2 Å². The Kier molecular flexibility index (Phi) is 5.15. The second-order valence-corrected chi connectivity index (χ2v) is 5.35. The minimum Gasteiger partial charge on any atom is -0.331 e. The third kappa shape index (κ3) is 4.63. The molecule has 2 aromatic rings. The minimum atomic E-state index is -4.61. The van der Waals surface area contributed by atoms with Gasteiger partial charge in [0.25, 0.3) is 0 Å². The third-order valence-corrected chi connectivity index (χ3v) is 3.42. The maximum Gasteiger partial charge on any atom is 0.418 e. The van der Waals surface area contributed by atoms with Crippen LogP contribution >= 0.6 is 11.6 Å². The van der Waals surface area contributed by atoms with Crippen LogP contribution in [0.2, 0.25) is 5.02 Å². The maximum atomic E-state index is 13.0. The van der Waals surface area contributed by atoms with E-state index in [9.17, 15) is 18.0 Å². The highest BCUT2D eigenvalue weighted by atomic mass is 35.5. The van der Waals surface area contributed by atoms with Crippen LogP contribution in [0.1, 0.15) is 24.1 Å². The number of hydrogen-bond acceptors (Lipinski definition) is 1. The Morgan fingerprint density at radius 2 is 1.78 bits per heavy atom. The Morgan fingerprint density at radius 1 is 1.13 bits per heavy atom. The largest absolute Gasteiger partial charge is 0.418 e. The van der Waals surface area contributed by atoms with Gasteiger partial charge < -0.3 is 10.6 Å². The number of nitrogens with one attached hydrogen (secondary N) is 2. The second kappa shape index (κ2) is 6.91. The Hall–Kier alpha value is -2.21. The molecule has 2 rings (SSSR count). The Bertz CT molecular complexity index is 689. The summed E-state index contributed by atoms with van der Waals surface area (Å²) in [5.74, 6) is 0. The molecular weight excluding hydrogens is 329 g/mol. The van der Waals surface area contributed by atoms with E-state index >= 15 is 0 Å². The second-order valence-electron chi connectivity index (χ2n) is 4.92. The van der Waals surface area contributed by atoms with Crippen molar-refractivity contribution in [1.82, 2.24) is 5.32 Å². The molecule has 0 heterocycles. The number of amides is 2. The van der Waals surface area contributed by atoms with E-state index in [1.165, 1.54) is 6.07 Å². The molecule has 0 saturated carbocycles. The summed E-state index contributed by atoms with van der Waals surface area (Å²) in [5.41, 5.74) is -0.498. The summed E-state index contributed by atoms with van der Waals surface area (Å²) in [4.78, 5) is 11.9. The van der Waals surface area contributed by atoms with Gasteiger partial charge in [-0.2, -0.15) is 13.2 Å². The van der Waals surface area contributed by atoms with Gasteiger partial charge in [0.2, 0.25) is 0 Å². The van der Waals surface area contributed by atoms with Crippen LogP contribution in [0.25, 0.3) is 0 Å². The molecule has 0 aromatic heterocycles. The van der Waals surface area contributed by atoms with Crippen molar-refractivity contribution in [1.29, 1.82) is 0 Å². The Balaban J connectivity index is 2.12. The quantitative estimate of drug-likeness (QED) is 0.786. The van der Waals surface area contributed by atoms with Gasteiger partial charge in [0, 0.05) is 5.02 Å². The van der Waals surface area contributed by atoms with E-state index in [0.717, 1.165) is 17.7 Å². The summed E-state index contributed by atoms with van der Waals surface area (Å²) in [7, 11) is 0. The molecule has 2 N–H and O–H groups in total. The fourth-order valence-corrected chi connectivity index (χ4v) is 2.21. The molecule has 0 bridgehead atoms. The van der Waals surface area contributed by atoms with Crippen molar-refractivity contribution in [3.8, 4) is 0 Å². The minimum absolute atomic E-state index is 0.0547. The summed E-state index contributed by atoms with van der Waals surface area (Å²) >= 11 is 5.60. The lowest BCUT2D eigenvalue weighted by molar-refractivity contribution is -0.136. The van der Waals surface area contributed by atoms with E-state index in [1.54, 1.807) is 6.92 Å². The molecular formula is C16H14ClF3N2O. The zero-order valence-electron chi connectivity index (χ0n) is 12.1. The normalized spacial score (nSPS) is 12.6. The summed E-state index contributed by atoms with van der Waals surface area (Å²) in [6.07, 6.45) is -4.61. The first-order valence-corrected chi connectivity index (χ1v) is 7.14. The van der Waals surface area contributed by atoms with Crippen LogP contribution in [0, 0.1) is 0 Å². The van der Waals surface area contributed by atoms with Gasteiger partial charge in [0.1, 0.15) is 0 Å². The number of urea groups is 1. The first-order valence-electron chi connectivity index (χ1n) is 6.76. The maximum absolute atomic E-state index is 13.0. The van der Waals surface area contributed by atoms with Gasteiger partial charge in [-0.05, 0) is 30.7 Å². The van der Waals surface area contributed by atoms with Gasteiger partial charge in [0.05, 0.1) is 17.3 Å². The van der Waals surface area contributed by atoms with E-state index in [-0.39, 0.29) is 16.8 Å². The molecule has 0 saturated heterocycles. The number of halogens is 4. The van der Waals surface area contributed by atoms with Crippen molar-refractivity contribution in [3.05, 3.63) is 64.7 Å². The lowest BCUT2D eigenvalue weighted by Crippen LogP contribution is -2.31. The molecule has 0 spiro atoms. The standard InChI is InChI=1S/C16H14ClF3N2O/c1-10(11-5-3-2-4-6-11)21-15(23)22-14-8-7-12(17)9-13(14)16(18,19)20/h2-10H,1H3,(H2,21,22,23). The lowest BCUT2D eigenvalue weighted by Gasteiger charge is -2.17. The molecule has 2 aromatic carbocycles. The van der Waals surface area contributed by atoms with E-state index < -0.39 is 17.8 Å². The molecule has 2 amide bonds. The Morgan fingerprint density at radius 3 is 2.39 bits per heavy atom. The molecule has 23 heavy (non-hydrogen) atoms. The molecule has 0 aliphatic heterocycles. The number of alkyl halides is 3. The van der Waals surface area contributed by atoms with Crippen molar-refractivity contribution >= 4 is 23.3 Å². The topological polar surface area (TPSA) is 41.1 Å². The predicted molar refractivity (Wildman–Crippen MR) is 83.5 cm³/mol. The molecule has 1 unspecified atom stereocenters. The molecule has 0 fully saturated rings. The fourth-order valence-electron chi connectivity index (χ4n) is 2.04.